The molecular formula is C22H26N4O4S. The zero-order valence-electron chi connectivity index (χ0n) is 17.7. The summed E-state index contributed by atoms with van der Waals surface area (Å²) in [4.78, 5) is 16.6. The van der Waals surface area contributed by atoms with E-state index in [9.17, 15) is 4.79 Å². The first-order valence-electron chi connectivity index (χ1n) is 9.80. The van der Waals surface area contributed by atoms with Crippen LogP contribution in [0.3, 0.4) is 0 Å². The number of hydrogen-bond acceptors (Lipinski definition) is 6. The van der Waals surface area contributed by atoms with Gasteiger partial charge in [0.2, 0.25) is 11.7 Å². The fraction of sp³-hybridized carbons (Fsp3) is 0.318. The summed E-state index contributed by atoms with van der Waals surface area (Å²) in [6, 6.07) is 7.23. The number of methoxy groups -OCH3 is 3. The van der Waals surface area contributed by atoms with Crippen LogP contribution in [-0.2, 0) is 4.79 Å². The lowest BCUT2D eigenvalue weighted by Crippen LogP contribution is -2.50. The molecule has 164 valence electrons. The number of ether oxygens (including phenoxy) is 3. The minimum Gasteiger partial charge on any atom is -0.493 e. The van der Waals surface area contributed by atoms with Gasteiger partial charge in [-0.3, -0.25) is 9.78 Å². The lowest BCUT2D eigenvalue weighted by Gasteiger charge is -2.21. The van der Waals surface area contributed by atoms with Crippen molar-refractivity contribution in [3.63, 3.8) is 0 Å². The van der Waals surface area contributed by atoms with Gasteiger partial charge in [0, 0.05) is 12.3 Å². The van der Waals surface area contributed by atoms with Crippen LogP contribution in [0.2, 0.25) is 0 Å². The fourth-order valence-corrected chi connectivity index (χ4v) is 3.26. The Morgan fingerprint density at radius 1 is 1.16 bits per heavy atom. The zero-order valence-corrected chi connectivity index (χ0v) is 18.5. The molecule has 1 heterocycles. The van der Waals surface area contributed by atoms with Crippen molar-refractivity contribution >= 4 is 35.0 Å². The number of aromatic nitrogens is 1. The van der Waals surface area contributed by atoms with Crippen molar-refractivity contribution in [3.05, 3.63) is 48.3 Å². The molecule has 1 aliphatic rings. The van der Waals surface area contributed by atoms with E-state index in [0.29, 0.717) is 28.3 Å². The van der Waals surface area contributed by atoms with Gasteiger partial charge in [-0.25, -0.2) is 0 Å². The van der Waals surface area contributed by atoms with Crippen LogP contribution in [0.4, 0.5) is 5.69 Å². The average Bonchev–Trinajstić information content (AvgIpc) is 3.62. The Balaban J connectivity index is 1.62. The van der Waals surface area contributed by atoms with Crippen molar-refractivity contribution in [2.24, 2.45) is 5.92 Å². The Kier molecular flexibility index (Phi) is 7.66. The predicted molar refractivity (Wildman–Crippen MR) is 123 cm³/mol. The molecule has 1 unspecified atom stereocenters. The van der Waals surface area contributed by atoms with E-state index in [2.05, 4.69) is 20.9 Å². The highest BCUT2D eigenvalue weighted by atomic mass is 32.1. The first kappa shape index (κ1) is 22.4. The summed E-state index contributed by atoms with van der Waals surface area (Å²) in [5, 5.41) is 9.66. The number of anilines is 1. The lowest BCUT2D eigenvalue weighted by molar-refractivity contribution is -0.117. The third-order valence-corrected chi connectivity index (χ3v) is 4.93. The number of hydrogen-bond donors (Lipinski definition) is 3. The van der Waals surface area contributed by atoms with Crippen LogP contribution < -0.4 is 30.2 Å². The van der Waals surface area contributed by atoms with Crippen molar-refractivity contribution < 1.29 is 19.0 Å². The van der Waals surface area contributed by atoms with Gasteiger partial charge in [-0.1, -0.05) is 0 Å². The molecule has 1 amide bonds. The Hall–Kier alpha value is -3.33. The standard InChI is InChI=1S/C22H26N4O4S/c1-28-17-11-14(12-18(29-2)20(17)30-3)6-9-19(27)25-21(15-7-8-15)26-22(31)24-16-5-4-10-23-13-16/h4-6,9-13,15,21H,7-8H2,1-3H3,(H,25,27)(H2,24,26,31)/b9-6+. The second-order valence-corrected chi connectivity index (χ2v) is 7.36. The summed E-state index contributed by atoms with van der Waals surface area (Å²) in [5.41, 5.74) is 1.53. The lowest BCUT2D eigenvalue weighted by atomic mass is 10.1. The average molecular weight is 443 g/mol. The molecule has 1 fully saturated rings. The van der Waals surface area contributed by atoms with Crippen molar-refractivity contribution in [1.82, 2.24) is 15.6 Å². The van der Waals surface area contributed by atoms with Crippen LogP contribution in [0.25, 0.3) is 6.08 Å². The topological polar surface area (TPSA) is 93.7 Å². The number of benzene rings is 1. The van der Waals surface area contributed by atoms with E-state index < -0.39 is 0 Å². The summed E-state index contributed by atoms with van der Waals surface area (Å²) in [6.07, 6.45) is 8.33. The maximum atomic E-state index is 12.5. The molecule has 1 atom stereocenters. The zero-order chi connectivity index (χ0) is 22.2. The molecule has 0 aliphatic heterocycles. The van der Waals surface area contributed by atoms with Gasteiger partial charge in [-0.05, 0) is 66.9 Å². The fourth-order valence-electron chi connectivity index (χ4n) is 3.02. The van der Waals surface area contributed by atoms with Crippen LogP contribution in [0.15, 0.2) is 42.7 Å². The highest BCUT2D eigenvalue weighted by molar-refractivity contribution is 7.80. The first-order chi connectivity index (χ1) is 15.0. The van der Waals surface area contributed by atoms with E-state index in [4.69, 9.17) is 26.4 Å². The molecule has 0 spiro atoms. The van der Waals surface area contributed by atoms with Crippen LogP contribution in [-0.4, -0.2) is 43.5 Å². The normalized spacial score (nSPS) is 13.9. The summed E-state index contributed by atoms with van der Waals surface area (Å²) in [6.45, 7) is 0. The van der Waals surface area contributed by atoms with Crippen molar-refractivity contribution in [1.29, 1.82) is 0 Å². The molecule has 0 saturated heterocycles. The third kappa shape index (κ3) is 6.32. The second kappa shape index (κ2) is 10.6. The largest absolute Gasteiger partial charge is 0.493 e. The van der Waals surface area contributed by atoms with Gasteiger partial charge in [0.15, 0.2) is 16.6 Å². The van der Waals surface area contributed by atoms with E-state index in [-0.39, 0.29) is 12.1 Å². The molecule has 8 nitrogen and oxygen atoms in total. The van der Waals surface area contributed by atoms with Crippen molar-refractivity contribution in [3.8, 4) is 17.2 Å². The molecule has 1 aromatic heterocycles. The molecular weight excluding hydrogens is 416 g/mol. The Morgan fingerprint density at radius 2 is 1.87 bits per heavy atom. The van der Waals surface area contributed by atoms with Crippen molar-refractivity contribution in [2.45, 2.75) is 19.0 Å². The predicted octanol–water partition coefficient (Wildman–Crippen LogP) is 2.96. The summed E-state index contributed by atoms with van der Waals surface area (Å²) in [5.74, 6) is 1.64. The quantitative estimate of drug-likeness (QED) is 0.310. The highest BCUT2D eigenvalue weighted by Crippen LogP contribution is 2.38. The number of thiocarbonyl (C=S) groups is 1. The maximum Gasteiger partial charge on any atom is 0.245 e. The Labute approximate surface area is 187 Å². The molecule has 0 radical (unpaired) electrons. The van der Waals surface area contributed by atoms with Gasteiger partial charge < -0.3 is 30.2 Å². The molecule has 3 N–H and O–H groups in total. The SMILES string of the molecule is COc1cc(/C=C/C(=O)NC(NC(=S)Nc2cccnc2)C2CC2)cc(OC)c1OC. The van der Waals surface area contributed by atoms with E-state index in [1.165, 1.54) is 6.08 Å². The van der Waals surface area contributed by atoms with E-state index in [1.807, 2.05) is 12.1 Å². The van der Waals surface area contributed by atoms with Gasteiger partial charge in [0.05, 0.1) is 33.2 Å². The Bertz CT molecular complexity index is 923. The number of amides is 1. The van der Waals surface area contributed by atoms with E-state index >= 15 is 0 Å². The number of nitrogens with one attached hydrogen (secondary N) is 3. The molecule has 31 heavy (non-hydrogen) atoms. The smallest absolute Gasteiger partial charge is 0.245 e. The summed E-state index contributed by atoms with van der Waals surface area (Å²) >= 11 is 5.37. The summed E-state index contributed by atoms with van der Waals surface area (Å²) in [7, 11) is 4.64. The molecule has 3 rings (SSSR count). The number of nitrogens with zero attached hydrogens (tertiary/aromatic N) is 1. The molecule has 1 saturated carbocycles. The van der Waals surface area contributed by atoms with Gasteiger partial charge in [-0.15, -0.1) is 0 Å². The maximum absolute atomic E-state index is 12.5. The minimum atomic E-state index is -0.256. The molecule has 1 aromatic carbocycles. The molecule has 9 heteroatoms. The van der Waals surface area contributed by atoms with Gasteiger partial charge in [0.1, 0.15) is 6.17 Å². The van der Waals surface area contributed by atoms with E-state index in [0.717, 1.165) is 24.1 Å². The number of carbonyl (C=O) groups excluding carboxylic acids is 1. The van der Waals surface area contributed by atoms with Crippen LogP contribution in [0.1, 0.15) is 18.4 Å². The first-order valence-corrected chi connectivity index (χ1v) is 10.2. The minimum absolute atomic E-state index is 0.234. The van der Waals surface area contributed by atoms with Crippen molar-refractivity contribution in [2.75, 3.05) is 26.6 Å². The van der Waals surface area contributed by atoms with E-state index in [1.54, 1.807) is 51.9 Å². The Morgan fingerprint density at radius 3 is 2.42 bits per heavy atom. The monoisotopic (exact) mass is 442 g/mol. The van der Waals surface area contributed by atoms with Gasteiger partial charge in [0.25, 0.3) is 0 Å². The van der Waals surface area contributed by atoms with Gasteiger partial charge in [-0.2, -0.15) is 0 Å². The van der Waals surface area contributed by atoms with Crippen LogP contribution >= 0.6 is 12.2 Å². The number of carbonyl (C=O) groups is 1. The third-order valence-electron chi connectivity index (χ3n) is 4.71. The summed E-state index contributed by atoms with van der Waals surface area (Å²) < 4.78 is 16.0. The van der Waals surface area contributed by atoms with Gasteiger partial charge >= 0.3 is 0 Å². The number of rotatable bonds is 9. The molecule has 2 aromatic rings. The molecule has 1 aliphatic carbocycles. The van der Waals surface area contributed by atoms with Crippen LogP contribution in [0.5, 0.6) is 17.2 Å². The van der Waals surface area contributed by atoms with Crippen LogP contribution in [0, 0.1) is 5.92 Å². The highest BCUT2D eigenvalue weighted by Gasteiger charge is 2.32. The molecule has 0 bridgehead atoms. The number of pyridine rings is 1. The second-order valence-electron chi connectivity index (χ2n) is 6.96.